The number of ether oxygens (including phenoxy) is 1. The molecule has 1 aliphatic rings. The van der Waals surface area contributed by atoms with Gasteiger partial charge >= 0.3 is 0 Å². The highest BCUT2D eigenvalue weighted by atomic mass is 31.0. The van der Waals surface area contributed by atoms with E-state index in [-0.39, 0.29) is 0 Å². The molecule has 0 aliphatic heterocycles. The van der Waals surface area contributed by atoms with Gasteiger partial charge in [0, 0.05) is 5.69 Å². The van der Waals surface area contributed by atoms with Crippen LogP contribution in [0, 0.1) is 0 Å². The third kappa shape index (κ3) is 3.53. The Kier molecular flexibility index (Phi) is 4.54. The molecule has 4 heteroatoms. The average molecular weight is 314 g/mol. The van der Waals surface area contributed by atoms with E-state index in [1.54, 1.807) is 18.2 Å². The predicted octanol–water partition coefficient (Wildman–Crippen LogP) is 4.54. The van der Waals surface area contributed by atoms with E-state index in [4.69, 9.17) is 16.2 Å². The van der Waals surface area contributed by atoms with Crippen molar-refractivity contribution in [1.29, 1.82) is 0 Å². The van der Waals surface area contributed by atoms with Crippen molar-refractivity contribution in [1.82, 2.24) is 0 Å². The van der Waals surface area contributed by atoms with E-state index in [2.05, 4.69) is 21.4 Å². The van der Waals surface area contributed by atoms with Gasteiger partial charge in [0.2, 0.25) is 0 Å². The molecule has 0 amide bonds. The van der Waals surface area contributed by atoms with Crippen LogP contribution in [-0.4, -0.2) is 5.66 Å². The third-order valence-corrected chi connectivity index (χ3v) is 5.05. The molecule has 1 aliphatic carbocycles. The van der Waals surface area contributed by atoms with Gasteiger partial charge in [-0.2, -0.15) is 0 Å². The van der Waals surface area contributed by atoms with Gasteiger partial charge in [-0.3, -0.25) is 0 Å². The third-order valence-electron chi connectivity index (χ3n) is 4.38. The Labute approximate surface area is 134 Å². The Morgan fingerprint density at radius 3 is 2.23 bits per heavy atom. The van der Waals surface area contributed by atoms with Crippen LogP contribution in [-0.2, 0) is 0 Å². The normalized spacial score (nSPS) is 21.5. The SMILES string of the molecule is Nc1ccc(Oc2ccc(C3CCC(P)CC3)cc2)c(N)c1. The highest BCUT2D eigenvalue weighted by molar-refractivity contribution is 7.17. The number of nitrogen functional groups attached to an aromatic ring is 2. The van der Waals surface area contributed by atoms with Gasteiger partial charge in [-0.1, -0.05) is 12.1 Å². The maximum atomic E-state index is 5.92. The molecule has 3 nitrogen and oxygen atoms in total. The fourth-order valence-electron chi connectivity index (χ4n) is 3.05. The molecule has 3 rings (SSSR count). The topological polar surface area (TPSA) is 61.3 Å². The summed E-state index contributed by atoms with van der Waals surface area (Å²) in [6, 6.07) is 13.7. The van der Waals surface area contributed by atoms with Gasteiger partial charge in [-0.05, 0) is 73.2 Å². The molecular weight excluding hydrogens is 291 g/mol. The average Bonchev–Trinajstić information content (AvgIpc) is 2.52. The first-order valence-corrected chi connectivity index (χ1v) is 8.47. The summed E-state index contributed by atoms with van der Waals surface area (Å²) in [5.74, 6) is 2.14. The Morgan fingerprint density at radius 2 is 1.59 bits per heavy atom. The van der Waals surface area contributed by atoms with E-state index < -0.39 is 0 Å². The van der Waals surface area contributed by atoms with Gasteiger partial charge < -0.3 is 16.2 Å². The second-order valence-corrected chi connectivity index (χ2v) is 7.02. The monoisotopic (exact) mass is 314 g/mol. The summed E-state index contributed by atoms with van der Waals surface area (Å²) in [6.45, 7) is 0. The quantitative estimate of drug-likeness (QED) is 0.645. The maximum Gasteiger partial charge on any atom is 0.150 e. The van der Waals surface area contributed by atoms with Gasteiger partial charge in [-0.15, -0.1) is 9.24 Å². The van der Waals surface area contributed by atoms with Gasteiger partial charge in [0.15, 0.2) is 0 Å². The number of benzene rings is 2. The molecule has 1 atom stereocenters. The van der Waals surface area contributed by atoms with Crippen LogP contribution in [0.4, 0.5) is 11.4 Å². The summed E-state index contributed by atoms with van der Waals surface area (Å²) >= 11 is 0. The van der Waals surface area contributed by atoms with Crippen molar-refractivity contribution >= 4 is 20.6 Å². The molecule has 1 unspecified atom stereocenters. The second-order valence-electron chi connectivity index (χ2n) is 6.08. The Hall–Kier alpha value is -1.73. The predicted molar refractivity (Wildman–Crippen MR) is 96.5 cm³/mol. The zero-order chi connectivity index (χ0) is 15.5. The van der Waals surface area contributed by atoms with Gasteiger partial charge in [-0.25, -0.2) is 0 Å². The van der Waals surface area contributed by atoms with Crippen molar-refractivity contribution in [2.24, 2.45) is 0 Å². The zero-order valence-corrected chi connectivity index (χ0v) is 13.8. The Balaban J connectivity index is 1.69. The maximum absolute atomic E-state index is 5.92. The summed E-state index contributed by atoms with van der Waals surface area (Å²) in [4.78, 5) is 0. The summed E-state index contributed by atoms with van der Waals surface area (Å²) in [7, 11) is 2.95. The van der Waals surface area contributed by atoms with Crippen LogP contribution in [0.1, 0.15) is 37.2 Å². The lowest BCUT2D eigenvalue weighted by molar-refractivity contribution is 0.451. The van der Waals surface area contributed by atoms with E-state index in [0.29, 0.717) is 23.0 Å². The first kappa shape index (κ1) is 15.2. The summed E-state index contributed by atoms with van der Waals surface area (Å²) in [5.41, 5.74) is 15.0. The number of hydrogen-bond acceptors (Lipinski definition) is 3. The van der Waals surface area contributed by atoms with Crippen LogP contribution in [0.3, 0.4) is 0 Å². The Bertz CT molecular complexity index is 634. The summed E-state index contributed by atoms with van der Waals surface area (Å²) < 4.78 is 5.84. The minimum absolute atomic E-state index is 0.558. The standard InChI is InChI=1S/C18H23N2OP/c19-14-5-10-18(17(20)11-14)21-15-6-1-12(2-7-15)13-3-8-16(22)9-4-13/h1-2,5-7,10-11,13,16H,3-4,8-9,19-20,22H2. The Morgan fingerprint density at radius 1 is 0.909 bits per heavy atom. The molecule has 0 heterocycles. The van der Waals surface area contributed by atoms with Crippen molar-refractivity contribution in [3.63, 3.8) is 0 Å². The van der Waals surface area contributed by atoms with Crippen LogP contribution < -0.4 is 16.2 Å². The van der Waals surface area contributed by atoms with Gasteiger partial charge in [0.1, 0.15) is 11.5 Å². The molecule has 2 aromatic carbocycles. The van der Waals surface area contributed by atoms with Crippen molar-refractivity contribution in [3.05, 3.63) is 48.0 Å². The number of nitrogens with two attached hydrogens (primary N) is 2. The van der Waals surface area contributed by atoms with Crippen LogP contribution in [0.5, 0.6) is 11.5 Å². The van der Waals surface area contributed by atoms with Crippen LogP contribution >= 0.6 is 9.24 Å². The molecule has 1 saturated carbocycles. The molecule has 4 N–H and O–H groups in total. The van der Waals surface area contributed by atoms with Crippen molar-refractivity contribution in [2.75, 3.05) is 11.5 Å². The molecule has 0 spiro atoms. The summed E-state index contributed by atoms with van der Waals surface area (Å²) in [6.07, 6.45) is 5.16. The highest BCUT2D eigenvalue weighted by Gasteiger charge is 2.19. The van der Waals surface area contributed by atoms with E-state index in [9.17, 15) is 0 Å². The molecule has 0 bridgehead atoms. The van der Waals surface area contributed by atoms with Crippen LogP contribution in [0.25, 0.3) is 0 Å². The van der Waals surface area contributed by atoms with Crippen LogP contribution in [0.15, 0.2) is 42.5 Å². The second kappa shape index (κ2) is 6.58. The van der Waals surface area contributed by atoms with E-state index in [1.807, 2.05) is 12.1 Å². The van der Waals surface area contributed by atoms with E-state index in [0.717, 1.165) is 11.4 Å². The number of anilines is 2. The smallest absolute Gasteiger partial charge is 0.150 e. The minimum atomic E-state index is 0.558. The molecule has 116 valence electrons. The summed E-state index contributed by atoms with van der Waals surface area (Å²) in [5, 5.41) is 0. The molecular formula is C18H23N2OP. The van der Waals surface area contributed by atoms with E-state index >= 15 is 0 Å². The fourth-order valence-corrected chi connectivity index (χ4v) is 3.43. The van der Waals surface area contributed by atoms with Gasteiger partial charge in [0.25, 0.3) is 0 Å². The lowest BCUT2D eigenvalue weighted by Gasteiger charge is -2.26. The first-order chi connectivity index (χ1) is 10.6. The van der Waals surface area contributed by atoms with E-state index in [1.165, 1.54) is 31.2 Å². The van der Waals surface area contributed by atoms with Crippen molar-refractivity contribution in [2.45, 2.75) is 37.3 Å². The molecule has 0 aromatic heterocycles. The van der Waals surface area contributed by atoms with Crippen molar-refractivity contribution in [3.8, 4) is 11.5 Å². The molecule has 2 aromatic rings. The largest absolute Gasteiger partial charge is 0.455 e. The lowest BCUT2D eigenvalue weighted by atomic mass is 9.84. The van der Waals surface area contributed by atoms with Crippen molar-refractivity contribution < 1.29 is 4.74 Å². The molecule has 1 fully saturated rings. The zero-order valence-electron chi connectivity index (χ0n) is 12.7. The van der Waals surface area contributed by atoms with Gasteiger partial charge in [0.05, 0.1) is 5.69 Å². The minimum Gasteiger partial charge on any atom is -0.455 e. The molecule has 0 radical (unpaired) electrons. The molecule has 22 heavy (non-hydrogen) atoms. The van der Waals surface area contributed by atoms with Crippen LogP contribution in [0.2, 0.25) is 0 Å². The number of hydrogen-bond donors (Lipinski definition) is 2. The lowest BCUT2D eigenvalue weighted by Crippen LogP contribution is -2.12. The highest BCUT2D eigenvalue weighted by Crippen LogP contribution is 2.36. The number of rotatable bonds is 3. The first-order valence-electron chi connectivity index (χ1n) is 7.80. The fraction of sp³-hybridized carbons (Fsp3) is 0.333. The molecule has 0 saturated heterocycles.